The molecule has 0 bridgehead atoms. The van der Waals surface area contributed by atoms with Crippen LogP contribution >= 0.6 is 0 Å². The van der Waals surface area contributed by atoms with Gasteiger partial charge < -0.3 is 28.8 Å². The summed E-state index contributed by atoms with van der Waals surface area (Å²) in [7, 11) is 0. The lowest BCUT2D eigenvalue weighted by Gasteiger charge is -2.16. The van der Waals surface area contributed by atoms with E-state index in [0.717, 1.165) is 25.0 Å². The lowest BCUT2D eigenvalue weighted by atomic mass is 10.00. The van der Waals surface area contributed by atoms with Crippen LogP contribution in [0.4, 0.5) is 0 Å². The third-order valence-corrected chi connectivity index (χ3v) is 5.74. The molecule has 3 saturated heterocycles. The van der Waals surface area contributed by atoms with E-state index >= 15 is 0 Å². The van der Waals surface area contributed by atoms with E-state index in [4.69, 9.17) is 23.7 Å². The Morgan fingerprint density at radius 3 is 2.27 bits per heavy atom. The Kier molecular flexibility index (Phi) is 5.00. The van der Waals surface area contributed by atoms with Gasteiger partial charge >= 0.3 is 11.9 Å². The maximum absolute atomic E-state index is 12.0. The maximum Gasteiger partial charge on any atom is 0.331 e. The minimum atomic E-state index is -0.704. The molecule has 144 valence electrons. The molecular weight excluding hydrogens is 344 g/mol. The first-order chi connectivity index (χ1) is 12.5. The number of ether oxygens (including phenoxy) is 5. The number of aliphatic hydroxyl groups excluding tert-OH is 1. The number of aliphatic hydroxyl groups is 1. The molecule has 0 aromatic rings. The molecule has 1 saturated carbocycles. The van der Waals surface area contributed by atoms with Crippen molar-refractivity contribution in [3.8, 4) is 0 Å². The number of esters is 2. The fourth-order valence-corrected chi connectivity index (χ4v) is 4.40. The molecule has 0 unspecified atom stereocenters. The number of fused-ring (bicyclic) bond motifs is 2. The van der Waals surface area contributed by atoms with Crippen LogP contribution in [0.5, 0.6) is 0 Å². The number of rotatable bonds is 4. The molecule has 4 fully saturated rings. The summed E-state index contributed by atoms with van der Waals surface area (Å²) in [5.74, 6) is -0.518. The van der Waals surface area contributed by atoms with E-state index in [-0.39, 0.29) is 31.3 Å². The second kappa shape index (κ2) is 7.26. The van der Waals surface area contributed by atoms with Crippen LogP contribution in [0.3, 0.4) is 0 Å². The smallest absolute Gasteiger partial charge is 0.331 e. The first-order valence-electron chi connectivity index (χ1n) is 9.15. The topological polar surface area (TPSA) is 101 Å². The summed E-state index contributed by atoms with van der Waals surface area (Å²) >= 11 is 0. The number of hydrogen-bond donors (Lipinski definition) is 1. The van der Waals surface area contributed by atoms with Gasteiger partial charge in [0, 0.05) is 18.1 Å². The Morgan fingerprint density at radius 2 is 1.50 bits per heavy atom. The fraction of sp³-hybridized carbons (Fsp3) is 0.778. The molecule has 26 heavy (non-hydrogen) atoms. The summed E-state index contributed by atoms with van der Waals surface area (Å²) in [6.07, 6.45) is 1.88. The minimum absolute atomic E-state index is 0.162. The highest BCUT2D eigenvalue weighted by Crippen LogP contribution is 2.41. The number of carbonyl (C=O) groups is 2. The molecule has 0 aromatic heterocycles. The Bertz CT molecular complexity index is 540. The first kappa shape index (κ1) is 17.9. The summed E-state index contributed by atoms with van der Waals surface area (Å²) < 4.78 is 27.2. The fourth-order valence-electron chi connectivity index (χ4n) is 4.40. The van der Waals surface area contributed by atoms with Crippen LogP contribution in [0.15, 0.2) is 12.2 Å². The zero-order chi connectivity index (χ0) is 18.3. The molecule has 3 aliphatic heterocycles. The van der Waals surface area contributed by atoms with Gasteiger partial charge in [-0.15, -0.1) is 0 Å². The predicted molar refractivity (Wildman–Crippen MR) is 86.0 cm³/mol. The van der Waals surface area contributed by atoms with Crippen molar-refractivity contribution in [2.24, 2.45) is 11.8 Å². The van der Waals surface area contributed by atoms with Crippen molar-refractivity contribution in [2.75, 3.05) is 19.8 Å². The van der Waals surface area contributed by atoms with Gasteiger partial charge in [-0.1, -0.05) is 6.92 Å². The quantitative estimate of drug-likeness (QED) is 0.545. The third-order valence-electron chi connectivity index (χ3n) is 5.74. The molecule has 4 rings (SSSR count). The Labute approximate surface area is 151 Å². The summed E-state index contributed by atoms with van der Waals surface area (Å²) in [5.41, 5.74) is 0. The zero-order valence-electron chi connectivity index (χ0n) is 14.6. The summed E-state index contributed by atoms with van der Waals surface area (Å²) in [6, 6.07) is 0. The lowest BCUT2D eigenvalue weighted by molar-refractivity contribution is -0.149. The van der Waals surface area contributed by atoms with Gasteiger partial charge in [0.15, 0.2) is 6.10 Å². The van der Waals surface area contributed by atoms with Crippen molar-refractivity contribution in [1.82, 2.24) is 0 Å². The Morgan fingerprint density at radius 1 is 0.885 bits per heavy atom. The van der Waals surface area contributed by atoms with Crippen molar-refractivity contribution >= 4 is 11.9 Å². The molecule has 1 aliphatic carbocycles. The third kappa shape index (κ3) is 3.38. The van der Waals surface area contributed by atoms with Crippen LogP contribution in [0, 0.1) is 11.8 Å². The van der Waals surface area contributed by atoms with E-state index in [1.54, 1.807) is 0 Å². The normalized spacial score (nSPS) is 44.2. The van der Waals surface area contributed by atoms with Gasteiger partial charge in [-0.3, -0.25) is 0 Å². The monoisotopic (exact) mass is 368 g/mol. The second-order valence-electron chi connectivity index (χ2n) is 7.46. The Balaban J connectivity index is 1.24. The predicted octanol–water partition coefficient (Wildman–Crippen LogP) is -0.0304. The molecule has 8 nitrogen and oxygen atoms in total. The van der Waals surface area contributed by atoms with Crippen LogP contribution in [0.1, 0.15) is 19.8 Å². The lowest BCUT2D eigenvalue weighted by Crippen LogP contribution is -2.33. The zero-order valence-corrected chi connectivity index (χ0v) is 14.6. The molecule has 0 aromatic carbocycles. The number of hydrogen-bond acceptors (Lipinski definition) is 8. The average molecular weight is 368 g/mol. The standard InChI is InChI=1S/C18H24O8/c1-9-2-3-10-12(7-23-16(9)10)25-14(20)4-5-15(21)26-13-8-24-17-11(19)6-22-18(13)17/h4-5,9-13,16-19H,2-3,6-8H2,1H3/b5-4-/t9-,10-,11+,12+,13-,16-,17-,18-/m1/s1. The van der Waals surface area contributed by atoms with Crippen molar-refractivity contribution < 1.29 is 38.4 Å². The number of carbonyl (C=O) groups excluding carboxylic acids is 2. The molecule has 0 radical (unpaired) electrons. The van der Waals surface area contributed by atoms with Gasteiger partial charge in [-0.05, 0) is 18.8 Å². The van der Waals surface area contributed by atoms with Crippen LogP contribution in [-0.2, 0) is 33.3 Å². The summed E-state index contributed by atoms with van der Waals surface area (Å²) in [4.78, 5) is 23.9. The van der Waals surface area contributed by atoms with Crippen molar-refractivity contribution in [3.63, 3.8) is 0 Å². The largest absolute Gasteiger partial charge is 0.456 e. The first-order valence-corrected chi connectivity index (χ1v) is 9.15. The summed E-state index contributed by atoms with van der Waals surface area (Å²) in [6.45, 7) is 2.88. The molecule has 1 N–H and O–H groups in total. The minimum Gasteiger partial charge on any atom is -0.456 e. The van der Waals surface area contributed by atoms with Crippen molar-refractivity contribution in [1.29, 1.82) is 0 Å². The van der Waals surface area contributed by atoms with Crippen molar-refractivity contribution in [3.05, 3.63) is 12.2 Å². The highest BCUT2D eigenvalue weighted by Gasteiger charge is 2.49. The van der Waals surface area contributed by atoms with E-state index in [9.17, 15) is 14.7 Å². The van der Waals surface area contributed by atoms with E-state index < -0.39 is 36.4 Å². The van der Waals surface area contributed by atoms with Gasteiger partial charge in [-0.2, -0.15) is 0 Å². The molecule has 8 atom stereocenters. The molecule has 0 amide bonds. The van der Waals surface area contributed by atoms with Crippen LogP contribution in [-0.4, -0.2) is 73.5 Å². The molecule has 4 aliphatic rings. The van der Waals surface area contributed by atoms with Gasteiger partial charge in [0.1, 0.15) is 24.4 Å². The SMILES string of the molecule is C[C@@H]1CC[C@H]2[C@@H]1OC[C@@H]2OC(=O)/C=C\C(=O)O[C@@H]1CO[C@H]2[C@@H]1OC[C@@H]2O. The summed E-state index contributed by atoms with van der Waals surface area (Å²) in [5, 5.41) is 9.67. The molecule has 8 heteroatoms. The van der Waals surface area contributed by atoms with E-state index in [1.165, 1.54) is 0 Å². The van der Waals surface area contributed by atoms with Crippen molar-refractivity contribution in [2.45, 2.75) is 56.4 Å². The van der Waals surface area contributed by atoms with E-state index in [0.29, 0.717) is 12.5 Å². The molecule has 0 spiro atoms. The highest BCUT2D eigenvalue weighted by atomic mass is 16.6. The van der Waals surface area contributed by atoms with Gasteiger partial charge in [0.05, 0.1) is 25.9 Å². The van der Waals surface area contributed by atoms with E-state index in [1.807, 2.05) is 0 Å². The highest BCUT2D eigenvalue weighted by molar-refractivity contribution is 5.91. The van der Waals surface area contributed by atoms with Gasteiger partial charge in [-0.25, -0.2) is 9.59 Å². The molecular formula is C18H24O8. The van der Waals surface area contributed by atoms with Crippen LogP contribution in [0.25, 0.3) is 0 Å². The van der Waals surface area contributed by atoms with Gasteiger partial charge in [0.25, 0.3) is 0 Å². The van der Waals surface area contributed by atoms with Crippen LogP contribution in [0.2, 0.25) is 0 Å². The van der Waals surface area contributed by atoms with E-state index in [2.05, 4.69) is 6.92 Å². The molecule has 3 heterocycles. The van der Waals surface area contributed by atoms with Crippen LogP contribution < -0.4 is 0 Å². The Hall–Kier alpha value is -1.48. The maximum atomic E-state index is 12.0. The second-order valence-corrected chi connectivity index (χ2v) is 7.46. The van der Waals surface area contributed by atoms with Gasteiger partial charge in [0.2, 0.25) is 0 Å². The average Bonchev–Trinajstić information content (AvgIpc) is 3.35.